The second-order valence-corrected chi connectivity index (χ2v) is 9.88. The summed E-state index contributed by atoms with van der Waals surface area (Å²) >= 11 is 0. The fourth-order valence-corrected chi connectivity index (χ4v) is 4.97. The molecule has 35 heavy (non-hydrogen) atoms. The molecule has 8 nitrogen and oxygen atoms in total. The monoisotopic (exact) mass is 495 g/mol. The molecule has 0 aliphatic carbocycles. The van der Waals surface area contributed by atoms with Gasteiger partial charge in [-0.2, -0.15) is 5.10 Å². The highest BCUT2D eigenvalue weighted by Crippen LogP contribution is 2.28. The lowest BCUT2D eigenvalue weighted by atomic mass is 10.1. The predicted octanol–water partition coefficient (Wildman–Crippen LogP) is 3.97. The summed E-state index contributed by atoms with van der Waals surface area (Å²) in [7, 11) is -0.943. The van der Waals surface area contributed by atoms with Crippen LogP contribution in [-0.2, 0) is 14.8 Å². The average Bonchev–Trinajstić information content (AvgIpc) is 2.83. The van der Waals surface area contributed by atoms with E-state index in [4.69, 9.17) is 9.47 Å². The van der Waals surface area contributed by atoms with Gasteiger partial charge >= 0.3 is 0 Å². The second kappa shape index (κ2) is 11.1. The van der Waals surface area contributed by atoms with Gasteiger partial charge in [0.1, 0.15) is 18.0 Å². The zero-order chi connectivity index (χ0) is 25.6. The molecule has 0 unspecified atom stereocenters. The molecule has 0 saturated carbocycles. The van der Waals surface area contributed by atoms with Crippen molar-refractivity contribution >= 4 is 27.8 Å². The van der Waals surface area contributed by atoms with Crippen LogP contribution < -0.4 is 19.2 Å². The number of aryl methyl sites for hydroxylation is 3. The maximum absolute atomic E-state index is 13.5. The van der Waals surface area contributed by atoms with Gasteiger partial charge in [-0.05, 0) is 56.7 Å². The normalized spacial score (nSPS) is 11.3. The third kappa shape index (κ3) is 6.19. The first kappa shape index (κ1) is 25.8. The second-order valence-electron chi connectivity index (χ2n) is 8.02. The number of nitrogens with zero attached hydrogens (tertiary/aromatic N) is 2. The van der Waals surface area contributed by atoms with Crippen LogP contribution in [0.4, 0.5) is 5.69 Å². The van der Waals surface area contributed by atoms with Gasteiger partial charge < -0.3 is 9.47 Å². The van der Waals surface area contributed by atoms with Crippen molar-refractivity contribution in [2.75, 3.05) is 25.1 Å². The number of carbonyl (C=O) groups is 1. The van der Waals surface area contributed by atoms with Crippen molar-refractivity contribution in [2.24, 2.45) is 5.10 Å². The largest absolute Gasteiger partial charge is 0.497 e. The van der Waals surface area contributed by atoms with Gasteiger partial charge in [0.15, 0.2) is 0 Å². The summed E-state index contributed by atoms with van der Waals surface area (Å²) in [6, 6.07) is 17.1. The van der Waals surface area contributed by atoms with E-state index in [0.29, 0.717) is 22.7 Å². The number of rotatable bonds is 9. The zero-order valence-corrected chi connectivity index (χ0v) is 21.2. The van der Waals surface area contributed by atoms with Crippen LogP contribution in [-0.4, -0.2) is 41.3 Å². The molecule has 0 saturated heterocycles. The van der Waals surface area contributed by atoms with E-state index < -0.39 is 22.5 Å². The first-order valence-electron chi connectivity index (χ1n) is 10.9. The Labute approximate surface area is 206 Å². The number of methoxy groups -OCH3 is 2. The Morgan fingerprint density at radius 2 is 1.63 bits per heavy atom. The van der Waals surface area contributed by atoms with E-state index in [0.717, 1.165) is 21.0 Å². The van der Waals surface area contributed by atoms with Crippen molar-refractivity contribution in [3.05, 3.63) is 82.9 Å². The van der Waals surface area contributed by atoms with E-state index in [-0.39, 0.29) is 4.90 Å². The Morgan fingerprint density at radius 1 is 0.943 bits per heavy atom. The molecular weight excluding hydrogens is 466 g/mol. The number of anilines is 1. The molecule has 0 spiro atoms. The first-order chi connectivity index (χ1) is 16.6. The Hall–Kier alpha value is -3.85. The number of sulfonamides is 1. The topological polar surface area (TPSA) is 97.3 Å². The smallest absolute Gasteiger partial charge is 0.264 e. The minimum absolute atomic E-state index is 0.0994. The Kier molecular flexibility index (Phi) is 8.14. The molecule has 9 heteroatoms. The van der Waals surface area contributed by atoms with E-state index in [1.807, 2.05) is 32.9 Å². The molecular formula is C26H29N3O5S. The van der Waals surface area contributed by atoms with Crippen LogP contribution in [0.3, 0.4) is 0 Å². The molecule has 184 valence electrons. The van der Waals surface area contributed by atoms with E-state index in [2.05, 4.69) is 10.5 Å². The van der Waals surface area contributed by atoms with Crippen LogP contribution in [0.15, 0.2) is 70.7 Å². The lowest BCUT2D eigenvalue weighted by molar-refractivity contribution is -0.119. The maximum atomic E-state index is 13.5. The summed E-state index contributed by atoms with van der Waals surface area (Å²) in [5, 5.41) is 3.99. The Bertz CT molecular complexity index is 1340. The van der Waals surface area contributed by atoms with Crippen molar-refractivity contribution in [2.45, 2.75) is 25.7 Å². The molecule has 0 fully saturated rings. The molecule has 1 N–H and O–H groups in total. The molecule has 0 heterocycles. The van der Waals surface area contributed by atoms with Crippen molar-refractivity contribution in [3.63, 3.8) is 0 Å². The van der Waals surface area contributed by atoms with E-state index in [9.17, 15) is 13.2 Å². The highest BCUT2D eigenvalue weighted by molar-refractivity contribution is 7.92. The number of ether oxygens (including phenoxy) is 2. The third-order valence-corrected chi connectivity index (χ3v) is 7.12. The van der Waals surface area contributed by atoms with Gasteiger partial charge in [-0.3, -0.25) is 9.10 Å². The maximum Gasteiger partial charge on any atom is 0.264 e. The molecule has 0 aliphatic heterocycles. The molecule has 0 radical (unpaired) electrons. The minimum Gasteiger partial charge on any atom is -0.497 e. The van der Waals surface area contributed by atoms with Crippen molar-refractivity contribution in [3.8, 4) is 11.5 Å². The minimum atomic E-state index is -4.01. The number of hydrogen-bond donors (Lipinski definition) is 1. The van der Waals surface area contributed by atoms with Crippen LogP contribution in [0, 0.1) is 20.8 Å². The Balaban J connectivity index is 1.87. The number of nitrogens with one attached hydrogen (secondary N) is 1. The van der Waals surface area contributed by atoms with E-state index >= 15 is 0 Å². The fraction of sp³-hybridized carbons (Fsp3) is 0.231. The SMILES string of the molecule is COc1ccc(/C=N\NC(=O)CN(c2ccc(C)cc2C)S(=O)(=O)c2ccc(C)cc2)c(OC)c1. The molecule has 1 amide bonds. The number of hydrazone groups is 1. The third-order valence-electron chi connectivity index (χ3n) is 5.35. The molecule has 0 aliphatic rings. The highest BCUT2D eigenvalue weighted by Gasteiger charge is 2.28. The van der Waals surface area contributed by atoms with Gasteiger partial charge in [-0.1, -0.05) is 35.4 Å². The summed E-state index contributed by atoms with van der Waals surface area (Å²) in [6.07, 6.45) is 1.42. The zero-order valence-electron chi connectivity index (χ0n) is 20.4. The van der Waals surface area contributed by atoms with Crippen LogP contribution in [0.5, 0.6) is 11.5 Å². The number of amides is 1. The van der Waals surface area contributed by atoms with Gasteiger partial charge in [0.05, 0.1) is 31.0 Å². The molecule has 3 aromatic carbocycles. The van der Waals surface area contributed by atoms with Gasteiger partial charge in [0, 0.05) is 11.6 Å². The Morgan fingerprint density at radius 3 is 2.26 bits per heavy atom. The molecule has 3 rings (SSSR count). The van der Waals surface area contributed by atoms with Gasteiger partial charge in [-0.25, -0.2) is 13.8 Å². The fourth-order valence-electron chi connectivity index (χ4n) is 3.49. The van der Waals surface area contributed by atoms with Gasteiger partial charge in [0.25, 0.3) is 15.9 Å². The molecule has 3 aromatic rings. The van der Waals surface area contributed by atoms with E-state index in [1.165, 1.54) is 25.5 Å². The molecule has 0 bridgehead atoms. The van der Waals surface area contributed by atoms with Crippen LogP contribution in [0.25, 0.3) is 0 Å². The van der Waals surface area contributed by atoms with Crippen molar-refractivity contribution in [1.29, 1.82) is 0 Å². The van der Waals surface area contributed by atoms with E-state index in [1.54, 1.807) is 43.5 Å². The lowest BCUT2D eigenvalue weighted by Crippen LogP contribution is -2.40. The predicted molar refractivity (Wildman–Crippen MR) is 137 cm³/mol. The van der Waals surface area contributed by atoms with Crippen molar-refractivity contribution < 1.29 is 22.7 Å². The quantitative estimate of drug-likeness (QED) is 0.358. The number of hydrogen-bond acceptors (Lipinski definition) is 6. The summed E-state index contributed by atoms with van der Waals surface area (Å²) in [4.78, 5) is 12.9. The summed E-state index contributed by atoms with van der Waals surface area (Å²) < 4.78 is 38.7. The standard InChI is InChI=1S/C26H29N3O5S/c1-18-6-11-23(12-7-18)35(31,32)29(24-13-8-19(2)14-20(24)3)17-26(30)28-27-16-21-9-10-22(33-4)15-25(21)34-5/h6-16H,17H2,1-5H3,(H,28,30)/b27-16-. The summed E-state index contributed by atoms with van der Waals surface area (Å²) in [6.45, 7) is 5.16. The summed E-state index contributed by atoms with van der Waals surface area (Å²) in [5.41, 5.74) is 6.11. The van der Waals surface area contributed by atoms with Crippen LogP contribution >= 0.6 is 0 Å². The number of carbonyl (C=O) groups excluding carboxylic acids is 1. The van der Waals surface area contributed by atoms with Crippen LogP contribution in [0.2, 0.25) is 0 Å². The summed E-state index contributed by atoms with van der Waals surface area (Å²) in [5.74, 6) is 0.541. The van der Waals surface area contributed by atoms with Gasteiger partial charge in [0.2, 0.25) is 0 Å². The number of benzene rings is 3. The highest BCUT2D eigenvalue weighted by atomic mass is 32.2. The van der Waals surface area contributed by atoms with Crippen molar-refractivity contribution in [1.82, 2.24) is 5.43 Å². The average molecular weight is 496 g/mol. The van der Waals surface area contributed by atoms with Gasteiger partial charge in [-0.15, -0.1) is 0 Å². The first-order valence-corrected chi connectivity index (χ1v) is 12.3. The molecule has 0 atom stereocenters. The molecule has 0 aromatic heterocycles. The van der Waals surface area contributed by atoms with Crippen LogP contribution in [0.1, 0.15) is 22.3 Å². The lowest BCUT2D eigenvalue weighted by Gasteiger charge is -2.25.